The summed E-state index contributed by atoms with van der Waals surface area (Å²) in [6, 6.07) is 7.34. The van der Waals surface area contributed by atoms with Crippen molar-refractivity contribution in [3.05, 3.63) is 34.9 Å². The van der Waals surface area contributed by atoms with Gasteiger partial charge in [0.15, 0.2) is 0 Å². The van der Waals surface area contributed by atoms with E-state index in [9.17, 15) is 9.59 Å². The summed E-state index contributed by atoms with van der Waals surface area (Å²) in [5.41, 5.74) is 1.01. The topological polar surface area (TPSA) is 61.9 Å². The van der Waals surface area contributed by atoms with E-state index in [1.807, 2.05) is 29.2 Å². The zero-order chi connectivity index (χ0) is 17.6. The predicted molar refractivity (Wildman–Crippen MR) is 95.5 cm³/mol. The SMILES string of the molecule is O=C(CCNC(=O)N1CCO[C@H](c2ccc(Cl)cc2)C1)N1CCCC1. The maximum Gasteiger partial charge on any atom is 0.317 e. The second kappa shape index (κ2) is 8.54. The highest BCUT2D eigenvalue weighted by molar-refractivity contribution is 6.30. The number of hydrogen-bond acceptors (Lipinski definition) is 3. The zero-order valence-corrected chi connectivity index (χ0v) is 15.0. The van der Waals surface area contributed by atoms with Crippen LogP contribution < -0.4 is 5.32 Å². The fourth-order valence-corrected chi connectivity index (χ4v) is 3.35. The Morgan fingerprint density at radius 3 is 2.56 bits per heavy atom. The van der Waals surface area contributed by atoms with Crippen molar-refractivity contribution in [1.29, 1.82) is 0 Å². The van der Waals surface area contributed by atoms with Crippen molar-refractivity contribution in [2.24, 2.45) is 0 Å². The first-order valence-corrected chi connectivity index (χ1v) is 9.19. The fraction of sp³-hybridized carbons (Fsp3) is 0.556. The Bertz CT molecular complexity index is 602. The highest BCUT2D eigenvalue weighted by Gasteiger charge is 2.25. The molecule has 1 aromatic carbocycles. The number of carbonyl (C=O) groups excluding carboxylic acids is 2. The van der Waals surface area contributed by atoms with E-state index >= 15 is 0 Å². The fourth-order valence-electron chi connectivity index (χ4n) is 3.23. The van der Waals surface area contributed by atoms with E-state index < -0.39 is 0 Å². The molecule has 2 saturated heterocycles. The lowest BCUT2D eigenvalue weighted by Crippen LogP contribution is -2.47. The number of urea groups is 1. The smallest absolute Gasteiger partial charge is 0.317 e. The predicted octanol–water partition coefficient (Wildman–Crippen LogP) is 2.44. The summed E-state index contributed by atoms with van der Waals surface area (Å²) in [6.07, 6.45) is 2.37. The minimum absolute atomic E-state index is 0.124. The van der Waals surface area contributed by atoms with E-state index in [-0.39, 0.29) is 18.0 Å². The van der Waals surface area contributed by atoms with E-state index in [0.717, 1.165) is 31.5 Å². The van der Waals surface area contributed by atoms with Gasteiger partial charge in [0.25, 0.3) is 0 Å². The summed E-state index contributed by atoms with van der Waals surface area (Å²) in [7, 11) is 0. The minimum Gasteiger partial charge on any atom is -0.370 e. The molecule has 0 bridgehead atoms. The highest BCUT2D eigenvalue weighted by Crippen LogP contribution is 2.23. The summed E-state index contributed by atoms with van der Waals surface area (Å²) >= 11 is 5.91. The van der Waals surface area contributed by atoms with Gasteiger partial charge in [-0.15, -0.1) is 0 Å². The van der Waals surface area contributed by atoms with E-state index in [1.54, 1.807) is 4.90 Å². The summed E-state index contributed by atoms with van der Waals surface area (Å²) in [5.74, 6) is 0.124. The third kappa shape index (κ3) is 4.86. The lowest BCUT2D eigenvalue weighted by Gasteiger charge is -2.33. The maximum atomic E-state index is 12.3. The Morgan fingerprint density at radius 2 is 1.84 bits per heavy atom. The zero-order valence-electron chi connectivity index (χ0n) is 14.2. The first-order valence-electron chi connectivity index (χ1n) is 8.81. The van der Waals surface area contributed by atoms with Gasteiger partial charge in [-0.25, -0.2) is 4.79 Å². The number of hydrogen-bond donors (Lipinski definition) is 1. The molecule has 2 heterocycles. The Kier molecular flexibility index (Phi) is 6.15. The van der Waals surface area contributed by atoms with Gasteiger partial charge < -0.3 is 19.9 Å². The number of nitrogens with one attached hydrogen (secondary N) is 1. The van der Waals surface area contributed by atoms with Crippen LogP contribution >= 0.6 is 11.6 Å². The largest absolute Gasteiger partial charge is 0.370 e. The summed E-state index contributed by atoms with van der Waals surface area (Å²) in [4.78, 5) is 28.0. The minimum atomic E-state index is -0.150. The van der Waals surface area contributed by atoms with E-state index in [4.69, 9.17) is 16.3 Å². The Morgan fingerprint density at radius 1 is 1.12 bits per heavy atom. The molecule has 0 unspecified atom stereocenters. The lowest BCUT2D eigenvalue weighted by atomic mass is 10.1. The second-order valence-corrected chi connectivity index (χ2v) is 6.86. The number of ether oxygens (including phenoxy) is 1. The van der Waals surface area contributed by atoms with Gasteiger partial charge in [0, 0.05) is 37.6 Å². The molecule has 1 N–H and O–H groups in total. The van der Waals surface area contributed by atoms with Gasteiger partial charge in [-0.2, -0.15) is 0 Å². The van der Waals surface area contributed by atoms with E-state index in [0.29, 0.717) is 37.7 Å². The number of halogens is 1. The van der Waals surface area contributed by atoms with Gasteiger partial charge in [0.1, 0.15) is 6.10 Å². The van der Waals surface area contributed by atoms with Gasteiger partial charge in [-0.3, -0.25) is 4.79 Å². The third-order valence-electron chi connectivity index (χ3n) is 4.67. The highest BCUT2D eigenvalue weighted by atomic mass is 35.5. The standard InChI is InChI=1S/C18H24ClN3O3/c19-15-5-3-14(4-6-15)16-13-22(11-12-25-16)18(24)20-8-7-17(23)21-9-1-2-10-21/h3-6,16H,1-2,7-13H2,(H,20,24)/t16-/m0/s1. The van der Waals surface area contributed by atoms with Crippen LogP contribution in [0.15, 0.2) is 24.3 Å². The van der Waals surface area contributed by atoms with E-state index in [1.165, 1.54) is 0 Å². The number of nitrogens with zero attached hydrogens (tertiary/aromatic N) is 2. The molecule has 25 heavy (non-hydrogen) atoms. The van der Waals surface area contributed by atoms with E-state index in [2.05, 4.69) is 5.32 Å². The number of amides is 3. The van der Waals surface area contributed by atoms with Gasteiger partial charge in [-0.05, 0) is 30.5 Å². The van der Waals surface area contributed by atoms with Crippen LogP contribution in [0.4, 0.5) is 4.79 Å². The molecule has 0 saturated carbocycles. The van der Waals surface area contributed by atoms with Crippen LogP contribution in [0, 0.1) is 0 Å². The van der Waals surface area contributed by atoms with Crippen LogP contribution in [0.3, 0.4) is 0 Å². The van der Waals surface area contributed by atoms with Gasteiger partial charge >= 0.3 is 6.03 Å². The van der Waals surface area contributed by atoms with Crippen molar-refractivity contribution in [2.45, 2.75) is 25.4 Å². The molecule has 2 aliphatic heterocycles. The molecule has 3 rings (SSSR count). The van der Waals surface area contributed by atoms with Crippen molar-refractivity contribution < 1.29 is 14.3 Å². The monoisotopic (exact) mass is 365 g/mol. The Labute approximate surface area is 153 Å². The van der Waals surface area contributed by atoms with Crippen LogP contribution in [0.1, 0.15) is 30.9 Å². The average Bonchev–Trinajstić information content (AvgIpc) is 3.17. The summed E-state index contributed by atoms with van der Waals surface area (Å²) in [5, 5.41) is 3.53. The first-order chi connectivity index (χ1) is 12.1. The Hall–Kier alpha value is -1.79. The number of benzene rings is 1. The van der Waals surface area contributed by atoms with Gasteiger partial charge in [0.05, 0.1) is 13.2 Å². The number of carbonyl (C=O) groups is 2. The summed E-state index contributed by atoms with van der Waals surface area (Å²) < 4.78 is 5.77. The van der Waals surface area contributed by atoms with Crippen molar-refractivity contribution in [3.8, 4) is 0 Å². The van der Waals surface area contributed by atoms with Crippen molar-refractivity contribution in [1.82, 2.24) is 15.1 Å². The van der Waals surface area contributed by atoms with Crippen LogP contribution in [0.2, 0.25) is 5.02 Å². The average molecular weight is 366 g/mol. The Balaban J connectivity index is 1.45. The van der Waals surface area contributed by atoms with Gasteiger partial charge in [0.2, 0.25) is 5.91 Å². The molecule has 0 aromatic heterocycles. The molecule has 0 spiro atoms. The molecule has 136 valence electrons. The molecule has 1 aromatic rings. The van der Waals surface area contributed by atoms with Crippen molar-refractivity contribution >= 4 is 23.5 Å². The van der Waals surface area contributed by atoms with Crippen LogP contribution in [0.25, 0.3) is 0 Å². The molecule has 0 aliphatic carbocycles. The number of rotatable bonds is 4. The lowest BCUT2D eigenvalue weighted by molar-refractivity contribution is -0.129. The van der Waals surface area contributed by atoms with Crippen molar-refractivity contribution in [2.75, 3.05) is 39.3 Å². The number of morpholine rings is 1. The van der Waals surface area contributed by atoms with Crippen LogP contribution in [-0.2, 0) is 9.53 Å². The normalized spacial score (nSPS) is 20.6. The van der Waals surface area contributed by atoms with Gasteiger partial charge in [-0.1, -0.05) is 23.7 Å². The van der Waals surface area contributed by atoms with Crippen LogP contribution in [-0.4, -0.2) is 61.1 Å². The molecule has 0 radical (unpaired) electrons. The molecular weight excluding hydrogens is 342 g/mol. The van der Waals surface area contributed by atoms with Crippen LogP contribution in [0.5, 0.6) is 0 Å². The number of likely N-dealkylation sites (tertiary alicyclic amines) is 1. The quantitative estimate of drug-likeness (QED) is 0.891. The first kappa shape index (κ1) is 18.0. The maximum absolute atomic E-state index is 12.3. The molecule has 7 heteroatoms. The molecule has 2 aliphatic rings. The summed E-state index contributed by atoms with van der Waals surface area (Å²) in [6.45, 7) is 3.60. The third-order valence-corrected chi connectivity index (χ3v) is 4.92. The molecule has 2 fully saturated rings. The molecule has 3 amide bonds. The molecular formula is C18H24ClN3O3. The molecule has 1 atom stereocenters. The molecule has 6 nitrogen and oxygen atoms in total. The van der Waals surface area contributed by atoms with Crippen molar-refractivity contribution in [3.63, 3.8) is 0 Å². The second-order valence-electron chi connectivity index (χ2n) is 6.43.